The molecule has 2 N–H and O–H groups in total. The fourth-order valence-electron chi connectivity index (χ4n) is 6.30. The number of likely N-dealkylation sites (tertiary alicyclic amines) is 1. The van der Waals surface area contributed by atoms with Gasteiger partial charge in [-0.1, -0.05) is 40.2 Å². The van der Waals surface area contributed by atoms with Gasteiger partial charge in [-0.2, -0.15) is 0 Å². The Balaban J connectivity index is 1.79. The van der Waals surface area contributed by atoms with Gasteiger partial charge in [0.25, 0.3) is 5.91 Å². The lowest BCUT2D eigenvalue weighted by Crippen LogP contribution is -2.57. The van der Waals surface area contributed by atoms with Gasteiger partial charge in [0, 0.05) is 30.2 Å². The highest BCUT2D eigenvalue weighted by molar-refractivity contribution is 9.09. The van der Waals surface area contributed by atoms with Crippen LogP contribution in [0, 0.1) is 25.7 Å². The molecule has 6 atom stereocenters. The molecule has 0 radical (unpaired) electrons. The molecule has 4 rings (SSSR count). The van der Waals surface area contributed by atoms with Crippen molar-refractivity contribution in [3.05, 3.63) is 42.0 Å². The Morgan fingerprint density at radius 3 is 2.57 bits per heavy atom. The summed E-state index contributed by atoms with van der Waals surface area (Å²) in [6.07, 6.45) is 3.26. The van der Waals surface area contributed by atoms with E-state index in [-0.39, 0.29) is 29.8 Å². The van der Waals surface area contributed by atoms with Gasteiger partial charge in [0.15, 0.2) is 0 Å². The Hall–Kier alpha value is -2.23. The third-order valence-corrected chi connectivity index (χ3v) is 8.50. The molecule has 8 nitrogen and oxygen atoms in total. The number of para-hydroxylation sites is 1. The van der Waals surface area contributed by atoms with E-state index in [1.807, 2.05) is 32.0 Å². The summed E-state index contributed by atoms with van der Waals surface area (Å²) in [5.41, 5.74) is 1.41. The van der Waals surface area contributed by atoms with Crippen molar-refractivity contribution in [2.24, 2.45) is 11.8 Å². The molecule has 3 aliphatic heterocycles. The van der Waals surface area contributed by atoms with E-state index in [9.17, 15) is 19.5 Å². The van der Waals surface area contributed by atoms with Crippen LogP contribution in [0.15, 0.2) is 30.9 Å². The van der Waals surface area contributed by atoms with Crippen molar-refractivity contribution >= 4 is 39.4 Å². The molecule has 3 aliphatic rings. The Kier molecular flexibility index (Phi) is 7.41. The second-order valence-electron chi connectivity index (χ2n) is 9.80. The van der Waals surface area contributed by atoms with Crippen LogP contribution in [-0.2, 0) is 19.1 Å². The summed E-state index contributed by atoms with van der Waals surface area (Å²) in [4.78, 5) is 43.3. The van der Waals surface area contributed by atoms with Gasteiger partial charge in [0.1, 0.15) is 11.6 Å². The Morgan fingerprint density at radius 1 is 1.29 bits per heavy atom. The number of halogens is 1. The summed E-state index contributed by atoms with van der Waals surface area (Å²) in [6.45, 7) is 8.32. The largest absolute Gasteiger partial charge is 0.481 e. The molecule has 190 valence electrons. The zero-order valence-electron chi connectivity index (χ0n) is 20.2. The number of alkyl halides is 1. The molecule has 1 spiro atoms. The van der Waals surface area contributed by atoms with Crippen LogP contribution in [0.4, 0.5) is 5.69 Å². The molecule has 9 heteroatoms. The molecular weight excluding hydrogens is 516 g/mol. The van der Waals surface area contributed by atoms with E-state index >= 15 is 0 Å². The standard InChI is InChI=1S/C26H33BrN2O6/c1-4-11-28(20-15(2)9-8-10-16(20)3)24(32)22-26-14-17(27)21(35-26)18(25(33)34)19(26)23(31)29(22)12-6-5-7-13-30/h4,8-10,17-19,21-22,30H,1,5-7,11-14H2,2-3H3,(H,33,34)/t17?,18-,19+,21-,22-,26+/m1/s1. The van der Waals surface area contributed by atoms with Gasteiger partial charge in [-0.25, -0.2) is 0 Å². The van der Waals surface area contributed by atoms with Gasteiger partial charge < -0.3 is 24.7 Å². The minimum atomic E-state index is -1.21. The number of ether oxygens (including phenoxy) is 1. The molecule has 1 aromatic rings. The summed E-state index contributed by atoms with van der Waals surface area (Å²) in [7, 11) is 0. The first-order valence-electron chi connectivity index (χ1n) is 12.1. The number of nitrogens with zero attached hydrogens (tertiary/aromatic N) is 2. The Morgan fingerprint density at radius 2 is 1.97 bits per heavy atom. The average Bonchev–Trinajstić information content (AvgIpc) is 3.39. The monoisotopic (exact) mass is 548 g/mol. The van der Waals surface area contributed by atoms with E-state index in [0.29, 0.717) is 32.2 Å². The van der Waals surface area contributed by atoms with Crippen LogP contribution in [0.2, 0.25) is 0 Å². The number of aryl methyl sites for hydroxylation is 2. The smallest absolute Gasteiger partial charge is 0.310 e. The van der Waals surface area contributed by atoms with Crippen molar-refractivity contribution in [2.45, 2.75) is 62.1 Å². The minimum Gasteiger partial charge on any atom is -0.481 e. The topological polar surface area (TPSA) is 107 Å². The van der Waals surface area contributed by atoms with Crippen molar-refractivity contribution in [1.82, 2.24) is 4.90 Å². The summed E-state index contributed by atoms with van der Waals surface area (Å²) in [5, 5.41) is 19.2. The molecule has 2 bridgehead atoms. The van der Waals surface area contributed by atoms with Gasteiger partial charge in [0.05, 0.1) is 17.9 Å². The predicted octanol–water partition coefficient (Wildman–Crippen LogP) is 2.82. The van der Waals surface area contributed by atoms with Crippen molar-refractivity contribution in [3.8, 4) is 0 Å². The summed E-state index contributed by atoms with van der Waals surface area (Å²) in [5.74, 6) is -3.61. The zero-order valence-corrected chi connectivity index (χ0v) is 21.7. The molecule has 0 aliphatic carbocycles. The van der Waals surface area contributed by atoms with Crippen LogP contribution in [0.3, 0.4) is 0 Å². The molecule has 3 fully saturated rings. The number of carbonyl (C=O) groups excluding carboxylic acids is 2. The number of fused-ring (bicyclic) bond motifs is 1. The first kappa shape index (κ1) is 25.9. The maximum absolute atomic E-state index is 14.4. The highest BCUT2D eigenvalue weighted by Crippen LogP contribution is 2.60. The number of carboxylic acids is 1. The van der Waals surface area contributed by atoms with Gasteiger partial charge in [-0.15, -0.1) is 6.58 Å². The molecule has 0 aromatic heterocycles. The van der Waals surface area contributed by atoms with Crippen LogP contribution in [0.1, 0.15) is 36.8 Å². The third kappa shape index (κ3) is 4.11. The second-order valence-corrected chi connectivity index (χ2v) is 11.0. The first-order valence-corrected chi connectivity index (χ1v) is 13.1. The van der Waals surface area contributed by atoms with E-state index < -0.39 is 35.6 Å². The second kappa shape index (κ2) is 10.0. The van der Waals surface area contributed by atoms with E-state index in [1.54, 1.807) is 15.9 Å². The lowest BCUT2D eigenvalue weighted by molar-refractivity contribution is -0.149. The molecule has 1 unspecified atom stereocenters. The van der Waals surface area contributed by atoms with Gasteiger partial charge in [-0.3, -0.25) is 14.4 Å². The number of hydrogen-bond donors (Lipinski definition) is 2. The third-order valence-electron chi connectivity index (χ3n) is 7.65. The number of benzene rings is 1. The minimum absolute atomic E-state index is 0.0552. The van der Waals surface area contributed by atoms with Gasteiger partial charge >= 0.3 is 5.97 Å². The van der Waals surface area contributed by atoms with Crippen LogP contribution < -0.4 is 4.90 Å². The number of hydrogen-bond acceptors (Lipinski definition) is 5. The number of carbonyl (C=O) groups is 3. The predicted molar refractivity (Wildman–Crippen MR) is 134 cm³/mol. The van der Waals surface area contributed by atoms with E-state index in [4.69, 9.17) is 9.84 Å². The Bertz CT molecular complexity index is 1010. The van der Waals surface area contributed by atoms with Crippen LogP contribution in [0.25, 0.3) is 0 Å². The lowest BCUT2D eigenvalue weighted by Gasteiger charge is -2.37. The van der Waals surface area contributed by atoms with Gasteiger partial charge in [0.2, 0.25) is 5.91 Å². The quantitative estimate of drug-likeness (QED) is 0.264. The number of rotatable bonds is 10. The fraction of sp³-hybridized carbons (Fsp3) is 0.577. The van der Waals surface area contributed by atoms with Crippen LogP contribution >= 0.6 is 15.9 Å². The molecule has 1 aromatic carbocycles. The highest BCUT2D eigenvalue weighted by atomic mass is 79.9. The molecule has 35 heavy (non-hydrogen) atoms. The molecule has 0 saturated carbocycles. The number of amides is 2. The number of aliphatic carboxylic acids is 1. The van der Waals surface area contributed by atoms with Crippen LogP contribution in [0.5, 0.6) is 0 Å². The number of aliphatic hydroxyl groups is 1. The van der Waals surface area contributed by atoms with E-state index in [0.717, 1.165) is 16.8 Å². The molecule has 3 saturated heterocycles. The maximum Gasteiger partial charge on any atom is 0.310 e. The van der Waals surface area contributed by atoms with Crippen LogP contribution in [-0.4, -0.2) is 75.2 Å². The molecule has 3 heterocycles. The molecular formula is C26H33BrN2O6. The summed E-state index contributed by atoms with van der Waals surface area (Å²) >= 11 is 3.57. The summed E-state index contributed by atoms with van der Waals surface area (Å²) < 4.78 is 6.35. The highest BCUT2D eigenvalue weighted by Gasteiger charge is 2.76. The normalized spacial score (nSPS) is 31.0. The lowest BCUT2D eigenvalue weighted by atomic mass is 9.70. The van der Waals surface area contributed by atoms with Crippen molar-refractivity contribution in [2.75, 3.05) is 24.6 Å². The maximum atomic E-state index is 14.4. The average molecular weight is 549 g/mol. The fourth-order valence-corrected chi connectivity index (χ4v) is 7.24. The van der Waals surface area contributed by atoms with E-state index in [2.05, 4.69) is 22.5 Å². The Labute approximate surface area is 214 Å². The van der Waals surface area contributed by atoms with E-state index in [1.165, 1.54) is 0 Å². The number of aliphatic hydroxyl groups excluding tert-OH is 1. The number of anilines is 1. The van der Waals surface area contributed by atoms with Crippen molar-refractivity contribution in [1.29, 1.82) is 0 Å². The number of unbranched alkanes of at least 4 members (excludes halogenated alkanes) is 2. The SMILES string of the molecule is C=CCN(C(=O)[C@H]1N(CCCCCO)C(=O)[C@@H]2[C@@H](C(=O)O)[C@@H]3O[C@@]21CC3Br)c1c(C)cccc1C. The first-order chi connectivity index (χ1) is 16.7. The van der Waals surface area contributed by atoms with Crippen molar-refractivity contribution in [3.63, 3.8) is 0 Å². The zero-order chi connectivity index (χ0) is 25.5. The summed E-state index contributed by atoms with van der Waals surface area (Å²) in [6, 6.07) is 4.86. The molecule has 2 amide bonds. The van der Waals surface area contributed by atoms with Crippen molar-refractivity contribution < 1.29 is 29.3 Å². The van der Waals surface area contributed by atoms with Gasteiger partial charge in [-0.05, 0) is 50.7 Å². The number of carboxylic acid groups (broad SMARTS) is 1.